The third-order valence-corrected chi connectivity index (χ3v) is 4.28. The second-order valence-electron chi connectivity index (χ2n) is 5.15. The van der Waals surface area contributed by atoms with Gasteiger partial charge in [-0.3, -0.25) is 4.79 Å². The summed E-state index contributed by atoms with van der Waals surface area (Å²) >= 11 is 1.73. The molecule has 2 rings (SSSR count). The summed E-state index contributed by atoms with van der Waals surface area (Å²) < 4.78 is 0. The standard InChI is InChI=1S/C18H22N2OS.ClH/c1-14-13-16(22-15-7-4-3-5-8-15)10-11-17(14)20-18(21)9-6-12-19-2;/h3-5,7-8,10-11,13,19H,6,9,12H2,1-2H3,(H,20,21);1H. The smallest absolute Gasteiger partial charge is 0.224 e. The first kappa shape index (κ1) is 19.6. The van der Waals surface area contributed by atoms with Crippen molar-refractivity contribution in [1.29, 1.82) is 0 Å². The highest BCUT2D eigenvalue weighted by Crippen LogP contribution is 2.30. The van der Waals surface area contributed by atoms with Crippen LogP contribution >= 0.6 is 24.2 Å². The van der Waals surface area contributed by atoms with E-state index in [2.05, 4.69) is 28.8 Å². The average molecular weight is 351 g/mol. The molecule has 1 amide bonds. The molecule has 2 aromatic carbocycles. The summed E-state index contributed by atoms with van der Waals surface area (Å²) in [5.41, 5.74) is 1.98. The van der Waals surface area contributed by atoms with E-state index < -0.39 is 0 Å². The summed E-state index contributed by atoms with van der Waals surface area (Å²) in [6, 6.07) is 16.4. The Morgan fingerprint density at radius 2 is 1.83 bits per heavy atom. The van der Waals surface area contributed by atoms with Gasteiger partial charge in [0, 0.05) is 21.9 Å². The number of hydrogen-bond acceptors (Lipinski definition) is 3. The zero-order chi connectivity index (χ0) is 15.8. The maximum Gasteiger partial charge on any atom is 0.224 e. The fourth-order valence-electron chi connectivity index (χ4n) is 2.10. The van der Waals surface area contributed by atoms with Crippen molar-refractivity contribution in [3.05, 3.63) is 54.1 Å². The fraction of sp³-hybridized carbons (Fsp3) is 0.278. The highest BCUT2D eigenvalue weighted by Gasteiger charge is 2.06. The highest BCUT2D eigenvalue weighted by molar-refractivity contribution is 7.99. The van der Waals surface area contributed by atoms with Crippen molar-refractivity contribution in [3.63, 3.8) is 0 Å². The van der Waals surface area contributed by atoms with Crippen LogP contribution in [-0.4, -0.2) is 19.5 Å². The first-order valence-electron chi connectivity index (χ1n) is 7.47. The first-order valence-corrected chi connectivity index (χ1v) is 8.28. The van der Waals surface area contributed by atoms with Crippen molar-refractivity contribution in [3.8, 4) is 0 Å². The lowest BCUT2D eigenvalue weighted by Crippen LogP contribution is -2.15. The number of halogens is 1. The van der Waals surface area contributed by atoms with Crippen molar-refractivity contribution >= 4 is 35.8 Å². The lowest BCUT2D eigenvalue weighted by molar-refractivity contribution is -0.116. The number of rotatable bonds is 7. The second-order valence-corrected chi connectivity index (χ2v) is 6.29. The molecule has 2 aromatic rings. The maximum atomic E-state index is 11.9. The van der Waals surface area contributed by atoms with Gasteiger partial charge in [-0.25, -0.2) is 0 Å². The quantitative estimate of drug-likeness (QED) is 0.722. The van der Waals surface area contributed by atoms with Gasteiger partial charge in [0.1, 0.15) is 0 Å². The van der Waals surface area contributed by atoms with E-state index in [4.69, 9.17) is 0 Å². The van der Waals surface area contributed by atoms with Crippen molar-refractivity contribution in [1.82, 2.24) is 5.32 Å². The molecule has 0 aliphatic rings. The van der Waals surface area contributed by atoms with Crippen LogP contribution in [0.4, 0.5) is 5.69 Å². The van der Waals surface area contributed by atoms with Crippen LogP contribution < -0.4 is 10.6 Å². The van der Waals surface area contributed by atoms with Crippen LogP contribution in [0.3, 0.4) is 0 Å². The SMILES string of the molecule is CNCCCC(=O)Nc1ccc(Sc2ccccc2)cc1C.Cl. The van der Waals surface area contributed by atoms with E-state index in [1.165, 1.54) is 9.79 Å². The van der Waals surface area contributed by atoms with Crippen molar-refractivity contribution in [2.75, 3.05) is 18.9 Å². The zero-order valence-corrected chi connectivity index (χ0v) is 15.1. The van der Waals surface area contributed by atoms with Crippen molar-refractivity contribution in [2.24, 2.45) is 0 Å². The van der Waals surface area contributed by atoms with E-state index in [0.29, 0.717) is 6.42 Å². The van der Waals surface area contributed by atoms with Crippen LogP contribution in [0.25, 0.3) is 0 Å². The largest absolute Gasteiger partial charge is 0.326 e. The molecule has 23 heavy (non-hydrogen) atoms. The summed E-state index contributed by atoms with van der Waals surface area (Å²) in [7, 11) is 1.89. The zero-order valence-electron chi connectivity index (χ0n) is 13.5. The summed E-state index contributed by atoms with van der Waals surface area (Å²) in [4.78, 5) is 14.3. The van der Waals surface area contributed by atoms with Crippen LogP contribution in [0.2, 0.25) is 0 Å². The Morgan fingerprint density at radius 1 is 1.09 bits per heavy atom. The molecule has 0 saturated carbocycles. The Hall–Kier alpha value is -1.49. The molecule has 5 heteroatoms. The Bertz CT molecular complexity index is 620. The molecule has 0 aliphatic carbocycles. The molecule has 0 atom stereocenters. The van der Waals surface area contributed by atoms with Gasteiger partial charge in [-0.15, -0.1) is 12.4 Å². The van der Waals surface area contributed by atoms with Crippen LogP contribution in [0, 0.1) is 6.92 Å². The summed E-state index contributed by atoms with van der Waals surface area (Å²) in [6.07, 6.45) is 1.39. The summed E-state index contributed by atoms with van der Waals surface area (Å²) in [5, 5.41) is 6.03. The average Bonchev–Trinajstić information content (AvgIpc) is 2.51. The van der Waals surface area contributed by atoms with E-state index in [-0.39, 0.29) is 18.3 Å². The van der Waals surface area contributed by atoms with Crippen LogP contribution in [-0.2, 0) is 4.79 Å². The van der Waals surface area contributed by atoms with E-state index in [0.717, 1.165) is 24.2 Å². The minimum Gasteiger partial charge on any atom is -0.326 e. The topological polar surface area (TPSA) is 41.1 Å². The number of nitrogens with one attached hydrogen (secondary N) is 2. The van der Waals surface area contributed by atoms with Gasteiger partial charge in [0.25, 0.3) is 0 Å². The molecule has 0 fully saturated rings. The van der Waals surface area contributed by atoms with Gasteiger partial charge in [0.2, 0.25) is 5.91 Å². The second kappa shape index (κ2) is 10.3. The Kier molecular flexibility index (Phi) is 8.77. The minimum absolute atomic E-state index is 0. The first-order chi connectivity index (χ1) is 10.7. The van der Waals surface area contributed by atoms with Gasteiger partial charge < -0.3 is 10.6 Å². The Balaban J connectivity index is 0.00000264. The lowest BCUT2D eigenvalue weighted by atomic mass is 10.2. The number of amides is 1. The summed E-state index contributed by atoms with van der Waals surface area (Å²) in [6.45, 7) is 2.89. The fourth-order valence-corrected chi connectivity index (χ4v) is 3.04. The Morgan fingerprint density at radius 3 is 2.48 bits per heavy atom. The number of hydrogen-bond donors (Lipinski definition) is 2. The monoisotopic (exact) mass is 350 g/mol. The molecule has 0 radical (unpaired) electrons. The maximum absolute atomic E-state index is 11.9. The van der Waals surface area contributed by atoms with Crippen LogP contribution in [0.5, 0.6) is 0 Å². The molecule has 0 heterocycles. The van der Waals surface area contributed by atoms with E-state index in [1.807, 2.05) is 44.3 Å². The number of anilines is 1. The van der Waals surface area contributed by atoms with E-state index in [9.17, 15) is 4.79 Å². The predicted molar refractivity (Wildman–Crippen MR) is 101 cm³/mol. The van der Waals surface area contributed by atoms with Gasteiger partial charge in [-0.2, -0.15) is 0 Å². The number of benzene rings is 2. The Labute approximate surface area is 148 Å². The molecule has 0 saturated heterocycles. The lowest BCUT2D eigenvalue weighted by Gasteiger charge is -2.10. The van der Waals surface area contributed by atoms with Gasteiger partial charge in [0.05, 0.1) is 0 Å². The molecule has 0 unspecified atom stereocenters. The van der Waals surface area contributed by atoms with E-state index in [1.54, 1.807) is 11.8 Å². The highest BCUT2D eigenvalue weighted by atomic mass is 35.5. The third kappa shape index (κ3) is 6.65. The minimum atomic E-state index is 0. The van der Waals surface area contributed by atoms with E-state index >= 15 is 0 Å². The molecule has 0 aromatic heterocycles. The molecular formula is C18H23ClN2OS. The van der Waals surface area contributed by atoms with Gasteiger partial charge >= 0.3 is 0 Å². The van der Waals surface area contributed by atoms with Crippen molar-refractivity contribution in [2.45, 2.75) is 29.6 Å². The third-order valence-electron chi connectivity index (χ3n) is 3.28. The number of carbonyl (C=O) groups is 1. The number of carbonyl (C=O) groups excluding carboxylic acids is 1. The van der Waals surface area contributed by atoms with Gasteiger partial charge in [0.15, 0.2) is 0 Å². The van der Waals surface area contributed by atoms with Gasteiger partial charge in [-0.1, -0.05) is 30.0 Å². The van der Waals surface area contributed by atoms with Crippen molar-refractivity contribution < 1.29 is 4.79 Å². The molecule has 124 valence electrons. The van der Waals surface area contributed by atoms with Gasteiger partial charge in [-0.05, 0) is 62.8 Å². The molecule has 3 nitrogen and oxygen atoms in total. The predicted octanol–water partition coefficient (Wildman–Crippen LogP) is 4.51. The number of aryl methyl sites for hydroxylation is 1. The molecular weight excluding hydrogens is 328 g/mol. The molecule has 0 bridgehead atoms. The van der Waals surface area contributed by atoms with Crippen LogP contribution in [0.1, 0.15) is 18.4 Å². The molecule has 0 aliphatic heterocycles. The van der Waals surface area contributed by atoms with Crippen LogP contribution in [0.15, 0.2) is 58.3 Å². The summed E-state index contributed by atoms with van der Waals surface area (Å²) in [5.74, 6) is 0.0711. The molecule has 2 N–H and O–H groups in total. The molecule has 0 spiro atoms. The normalized spacial score (nSPS) is 10.0.